The topological polar surface area (TPSA) is 85.1 Å². The van der Waals surface area contributed by atoms with Crippen molar-refractivity contribution >= 4 is 10.0 Å². The summed E-state index contributed by atoms with van der Waals surface area (Å²) in [5.74, 6) is 2.69. The summed E-state index contributed by atoms with van der Waals surface area (Å²) in [6.45, 7) is 0.372. The van der Waals surface area contributed by atoms with Crippen molar-refractivity contribution < 1.29 is 8.42 Å². The van der Waals surface area contributed by atoms with Crippen molar-refractivity contribution in [3.8, 4) is 0 Å². The van der Waals surface area contributed by atoms with E-state index >= 15 is 0 Å². The van der Waals surface area contributed by atoms with Gasteiger partial charge in [-0.25, -0.2) is 18.1 Å². The van der Waals surface area contributed by atoms with Gasteiger partial charge < -0.3 is 5.73 Å². The van der Waals surface area contributed by atoms with Gasteiger partial charge in [-0.3, -0.25) is 0 Å². The number of fused-ring (bicyclic) bond motifs is 5. The van der Waals surface area contributed by atoms with E-state index in [1.165, 1.54) is 31.5 Å². The van der Waals surface area contributed by atoms with E-state index in [2.05, 4.69) is 9.71 Å². The monoisotopic (exact) mass is 293 g/mol. The second-order valence-electron chi connectivity index (χ2n) is 6.34. The fourth-order valence-corrected chi connectivity index (χ4v) is 5.65. The predicted octanol–water partition coefficient (Wildman–Crippen LogP) is 0.863. The van der Waals surface area contributed by atoms with Gasteiger partial charge in [0.25, 0.3) is 10.0 Å². The normalized spacial score (nSPS) is 38.0. The molecule has 0 aromatic carbocycles. The summed E-state index contributed by atoms with van der Waals surface area (Å²) in [7, 11) is -3.49. The molecule has 2 bridgehead atoms. The van der Waals surface area contributed by atoms with Crippen molar-refractivity contribution in [3.63, 3.8) is 0 Å². The third kappa shape index (κ3) is 1.82. The van der Waals surface area contributed by atoms with E-state index in [0.29, 0.717) is 18.4 Å². The lowest BCUT2D eigenvalue weighted by Gasteiger charge is -2.11. The number of pyridine rings is 1. The summed E-state index contributed by atoms with van der Waals surface area (Å²) in [5.41, 5.74) is 6.33. The SMILES string of the molecule is NCc1ccc(S(=O)(=O)NC2C3C4CCC(C4)C23)nc1. The van der Waals surface area contributed by atoms with Crippen LogP contribution in [0.1, 0.15) is 24.8 Å². The molecule has 3 saturated carbocycles. The van der Waals surface area contributed by atoms with Gasteiger partial charge in [0.1, 0.15) is 0 Å². The van der Waals surface area contributed by atoms with E-state index < -0.39 is 10.0 Å². The number of sulfonamides is 1. The Morgan fingerprint density at radius 3 is 2.50 bits per heavy atom. The number of hydrogen-bond acceptors (Lipinski definition) is 4. The molecule has 1 aromatic rings. The van der Waals surface area contributed by atoms with Crippen LogP contribution < -0.4 is 10.5 Å². The summed E-state index contributed by atoms with van der Waals surface area (Å²) in [5, 5.41) is 0.104. The summed E-state index contributed by atoms with van der Waals surface area (Å²) >= 11 is 0. The molecule has 3 N–H and O–H groups in total. The van der Waals surface area contributed by atoms with Crippen LogP contribution in [0.3, 0.4) is 0 Å². The van der Waals surface area contributed by atoms with Crippen LogP contribution in [0.15, 0.2) is 23.4 Å². The molecule has 3 aliphatic rings. The summed E-state index contributed by atoms with van der Waals surface area (Å²) in [6.07, 6.45) is 5.42. The summed E-state index contributed by atoms with van der Waals surface area (Å²) in [4.78, 5) is 4.02. The van der Waals surface area contributed by atoms with Crippen molar-refractivity contribution in [2.24, 2.45) is 29.4 Å². The molecule has 0 amide bonds. The molecule has 0 aliphatic heterocycles. The molecular weight excluding hydrogens is 274 g/mol. The first-order chi connectivity index (χ1) is 9.60. The number of aromatic nitrogens is 1. The van der Waals surface area contributed by atoms with E-state index in [1.807, 2.05) is 0 Å². The molecule has 0 radical (unpaired) electrons. The number of nitrogens with zero attached hydrogens (tertiary/aromatic N) is 1. The molecule has 4 atom stereocenters. The van der Waals surface area contributed by atoms with Crippen LogP contribution in [0.4, 0.5) is 0 Å². The molecule has 108 valence electrons. The smallest absolute Gasteiger partial charge is 0.258 e. The van der Waals surface area contributed by atoms with E-state index in [1.54, 1.807) is 6.07 Å². The van der Waals surface area contributed by atoms with Crippen LogP contribution in [0.25, 0.3) is 0 Å². The number of nitrogens with two attached hydrogens (primary N) is 1. The average Bonchev–Trinajstić information content (AvgIpc) is 2.86. The minimum atomic E-state index is -3.49. The standard InChI is InChI=1S/C14H19N3O2S/c15-6-8-1-4-11(16-7-8)20(18,19)17-14-12-9-2-3-10(5-9)13(12)14/h1,4,7,9-10,12-14,17H,2-3,5-6,15H2. The maximum atomic E-state index is 12.3. The van der Waals surface area contributed by atoms with E-state index in [0.717, 1.165) is 17.4 Å². The fourth-order valence-electron chi connectivity index (χ4n) is 4.41. The highest BCUT2D eigenvalue weighted by Gasteiger charge is 2.65. The van der Waals surface area contributed by atoms with E-state index in [9.17, 15) is 8.42 Å². The van der Waals surface area contributed by atoms with Crippen molar-refractivity contribution in [1.82, 2.24) is 9.71 Å². The Labute approximate surface area is 119 Å². The molecule has 3 fully saturated rings. The number of rotatable bonds is 4. The van der Waals surface area contributed by atoms with Gasteiger partial charge in [0, 0.05) is 18.8 Å². The lowest BCUT2D eigenvalue weighted by atomic mass is 10.0. The van der Waals surface area contributed by atoms with Crippen LogP contribution >= 0.6 is 0 Å². The van der Waals surface area contributed by atoms with Crippen molar-refractivity contribution in [2.75, 3.05) is 0 Å². The largest absolute Gasteiger partial charge is 0.326 e. The highest BCUT2D eigenvalue weighted by molar-refractivity contribution is 7.89. The molecule has 6 heteroatoms. The van der Waals surface area contributed by atoms with Crippen LogP contribution in [-0.2, 0) is 16.6 Å². The predicted molar refractivity (Wildman–Crippen MR) is 74.0 cm³/mol. The second kappa shape index (κ2) is 4.26. The first kappa shape index (κ1) is 12.7. The first-order valence-electron chi connectivity index (χ1n) is 7.27. The molecule has 4 rings (SSSR count). The third-order valence-corrected chi connectivity index (χ3v) is 6.71. The van der Waals surface area contributed by atoms with Crippen molar-refractivity contribution in [2.45, 2.75) is 36.9 Å². The zero-order valence-electron chi connectivity index (χ0n) is 11.2. The first-order valence-corrected chi connectivity index (χ1v) is 8.76. The maximum Gasteiger partial charge on any atom is 0.258 e. The Morgan fingerprint density at radius 1 is 1.25 bits per heavy atom. The Morgan fingerprint density at radius 2 is 1.95 bits per heavy atom. The summed E-state index contributed by atoms with van der Waals surface area (Å²) in [6, 6.07) is 3.42. The Bertz CT molecular complexity index is 612. The van der Waals surface area contributed by atoms with Gasteiger partial charge in [-0.15, -0.1) is 0 Å². The Balaban J connectivity index is 1.50. The highest BCUT2D eigenvalue weighted by atomic mass is 32.2. The zero-order valence-corrected chi connectivity index (χ0v) is 12.0. The molecule has 1 heterocycles. The van der Waals surface area contributed by atoms with E-state index in [-0.39, 0.29) is 11.1 Å². The quantitative estimate of drug-likeness (QED) is 0.862. The van der Waals surface area contributed by atoms with Gasteiger partial charge in [0.05, 0.1) is 0 Å². The van der Waals surface area contributed by atoms with Gasteiger partial charge in [-0.2, -0.15) is 0 Å². The lowest BCUT2D eigenvalue weighted by Crippen LogP contribution is -2.30. The van der Waals surface area contributed by atoms with Crippen LogP contribution in [-0.4, -0.2) is 19.4 Å². The molecule has 0 saturated heterocycles. The van der Waals surface area contributed by atoms with Crippen LogP contribution in [0, 0.1) is 23.7 Å². The zero-order chi connectivity index (χ0) is 13.9. The number of hydrogen-bond donors (Lipinski definition) is 2. The van der Waals surface area contributed by atoms with Gasteiger partial charge in [0.2, 0.25) is 0 Å². The Kier molecular flexibility index (Phi) is 2.71. The highest BCUT2D eigenvalue weighted by Crippen LogP contribution is 2.65. The minimum Gasteiger partial charge on any atom is -0.326 e. The van der Waals surface area contributed by atoms with Gasteiger partial charge in [0.15, 0.2) is 5.03 Å². The molecule has 5 nitrogen and oxygen atoms in total. The van der Waals surface area contributed by atoms with Gasteiger partial charge in [-0.05, 0) is 54.6 Å². The van der Waals surface area contributed by atoms with Crippen LogP contribution in [0.5, 0.6) is 0 Å². The van der Waals surface area contributed by atoms with Crippen LogP contribution in [0.2, 0.25) is 0 Å². The second-order valence-corrected chi connectivity index (χ2v) is 8.00. The van der Waals surface area contributed by atoms with E-state index in [4.69, 9.17) is 5.73 Å². The van der Waals surface area contributed by atoms with Crippen molar-refractivity contribution in [1.29, 1.82) is 0 Å². The Hall–Kier alpha value is -0.980. The average molecular weight is 293 g/mol. The number of nitrogens with one attached hydrogen (secondary N) is 1. The molecule has 4 unspecified atom stereocenters. The molecule has 3 aliphatic carbocycles. The fraction of sp³-hybridized carbons (Fsp3) is 0.643. The summed E-state index contributed by atoms with van der Waals surface area (Å²) < 4.78 is 27.5. The van der Waals surface area contributed by atoms with Gasteiger partial charge >= 0.3 is 0 Å². The molecule has 0 spiro atoms. The maximum absolute atomic E-state index is 12.3. The van der Waals surface area contributed by atoms with Gasteiger partial charge in [-0.1, -0.05) is 6.07 Å². The lowest BCUT2D eigenvalue weighted by molar-refractivity contribution is 0.456. The third-order valence-electron chi connectivity index (χ3n) is 5.34. The molecule has 1 aromatic heterocycles. The molecule has 20 heavy (non-hydrogen) atoms. The molecular formula is C14H19N3O2S. The minimum absolute atomic E-state index is 0.104. The van der Waals surface area contributed by atoms with Crippen molar-refractivity contribution in [3.05, 3.63) is 23.9 Å².